The molecule has 0 radical (unpaired) electrons. The lowest BCUT2D eigenvalue weighted by Crippen LogP contribution is -2.30. The third-order valence-electron chi connectivity index (χ3n) is 14.3. The van der Waals surface area contributed by atoms with Gasteiger partial charge in [-0.3, -0.25) is 14.4 Å². The van der Waals surface area contributed by atoms with Crippen molar-refractivity contribution in [1.29, 1.82) is 0 Å². The molecular formula is C77H126O6. The Labute approximate surface area is 512 Å². The third-order valence-corrected chi connectivity index (χ3v) is 14.3. The first kappa shape index (κ1) is 78.3. The number of carbonyl (C=O) groups is 3. The van der Waals surface area contributed by atoms with E-state index in [1.807, 2.05) is 0 Å². The van der Waals surface area contributed by atoms with E-state index in [-0.39, 0.29) is 37.5 Å². The Bertz CT molecular complexity index is 1800. The summed E-state index contributed by atoms with van der Waals surface area (Å²) >= 11 is 0. The summed E-state index contributed by atoms with van der Waals surface area (Å²) in [6.45, 7) is 6.37. The number of unbranched alkanes of at least 4 members (excludes halogenated alkanes) is 26. The second kappa shape index (κ2) is 69.8. The topological polar surface area (TPSA) is 78.9 Å². The van der Waals surface area contributed by atoms with Crippen LogP contribution in [0.1, 0.15) is 303 Å². The van der Waals surface area contributed by atoms with Crippen molar-refractivity contribution in [2.45, 2.75) is 309 Å². The second-order valence-corrected chi connectivity index (χ2v) is 22.3. The third kappa shape index (κ3) is 68.0. The number of rotatable bonds is 61. The lowest BCUT2D eigenvalue weighted by Gasteiger charge is -2.18. The van der Waals surface area contributed by atoms with Crippen molar-refractivity contribution >= 4 is 17.9 Å². The maximum atomic E-state index is 12.9. The molecule has 0 aliphatic heterocycles. The number of carbonyl (C=O) groups excluding carboxylic acids is 3. The van der Waals surface area contributed by atoms with Gasteiger partial charge in [0.25, 0.3) is 0 Å². The van der Waals surface area contributed by atoms with Crippen molar-refractivity contribution in [3.63, 3.8) is 0 Å². The van der Waals surface area contributed by atoms with E-state index in [9.17, 15) is 14.4 Å². The highest BCUT2D eigenvalue weighted by molar-refractivity contribution is 5.71. The highest BCUT2D eigenvalue weighted by atomic mass is 16.6. The van der Waals surface area contributed by atoms with Gasteiger partial charge in [0.2, 0.25) is 0 Å². The lowest BCUT2D eigenvalue weighted by molar-refractivity contribution is -0.167. The summed E-state index contributed by atoms with van der Waals surface area (Å²) in [5.41, 5.74) is 0. The van der Waals surface area contributed by atoms with E-state index in [4.69, 9.17) is 14.2 Å². The van der Waals surface area contributed by atoms with Crippen molar-refractivity contribution in [2.24, 2.45) is 0 Å². The molecule has 0 aromatic carbocycles. The first-order valence-corrected chi connectivity index (χ1v) is 34.3. The van der Waals surface area contributed by atoms with Crippen LogP contribution in [0.15, 0.2) is 146 Å². The molecule has 1 atom stereocenters. The number of hydrogen-bond donors (Lipinski definition) is 0. The predicted octanol–water partition coefficient (Wildman–Crippen LogP) is 23.9. The van der Waals surface area contributed by atoms with Gasteiger partial charge in [0.05, 0.1) is 0 Å². The molecule has 0 aromatic heterocycles. The van der Waals surface area contributed by atoms with Crippen LogP contribution >= 0.6 is 0 Å². The highest BCUT2D eigenvalue weighted by Gasteiger charge is 2.19. The molecule has 0 rings (SSSR count). The van der Waals surface area contributed by atoms with Gasteiger partial charge in [0.15, 0.2) is 6.10 Å². The molecule has 0 bridgehead atoms. The number of allylic oxidation sites excluding steroid dienone is 24. The van der Waals surface area contributed by atoms with Crippen molar-refractivity contribution < 1.29 is 28.6 Å². The summed E-state index contributed by atoms with van der Waals surface area (Å²) in [6, 6.07) is 0. The summed E-state index contributed by atoms with van der Waals surface area (Å²) in [5.74, 6) is -0.958. The van der Waals surface area contributed by atoms with E-state index in [1.165, 1.54) is 135 Å². The molecule has 0 aliphatic rings. The SMILES string of the molecule is CC/C=C\C/C=C\C/C=C\C/C=C\C/C=C\C/C=C\C/C=C\CCCC(=O)OC(COC(=O)CCCCCCCCCCCCC)COC(=O)CCCCCCCCCCCCCCCCC/C=C\C/C=C\C/C=C\C/C=C\C/C=C\CC. The molecule has 6 heteroatoms. The van der Waals surface area contributed by atoms with Gasteiger partial charge >= 0.3 is 17.9 Å². The average Bonchev–Trinajstić information content (AvgIpc) is 3.48. The van der Waals surface area contributed by atoms with Gasteiger partial charge in [-0.25, -0.2) is 0 Å². The largest absolute Gasteiger partial charge is 0.462 e. The van der Waals surface area contributed by atoms with E-state index in [0.29, 0.717) is 19.3 Å². The first-order chi connectivity index (χ1) is 41.0. The quantitative estimate of drug-likeness (QED) is 0.0261. The van der Waals surface area contributed by atoms with E-state index >= 15 is 0 Å². The molecule has 0 N–H and O–H groups in total. The molecule has 6 nitrogen and oxygen atoms in total. The van der Waals surface area contributed by atoms with Gasteiger partial charge in [0, 0.05) is 19.3 Å². The molecule has 1 unspecified atom stereocenters. The lowest BCUT2D eigenvalue weighted by atomic mass is 10.0. The summed E-state index contributed by atoms with van der Waals surface area (Å²) < 4.78 is 16.9. The Morgan fingerprint density at radius 2 is 0.482 bits per heavy atom. The number of ether oxygens (including phenoxy) is 3. The van der Waals surface area contributed by atoms with Gasteiger partial charge in [-0.05, 0) is 116 Å². The van der Waals surface area contributed by atoms with Crippen LogP contribution in [0.4, 0.5) is 0 Å². The molecule has 0 saturated carbocycles. The monoisotopic (exact) mass is 1150 g/mol. The van der Waals surface area contributed by atoms with Crippen LogP contribution in [0.3, 0.4) is 0 Å². The Morgan fingerprint density at radius 3 is 0.771 bits per heavy atom. The van der Waals surface area contributed by atoms with Crippen molar-refractivity contribution in [2.75, 3.05) is 13.2 Å². The van der Waals surface area contributed by atoms with Gasteiger partial charge in [-0.2, -0.15) is 0 Å². The zero-order valence-corrected chi connectivity index (χ0v) is 53.9. The summed E-state index contributed by atoms with van der Waals surface area (Å²) in [6.07, 6.45) is 100. The van der Waals surface area contributed by atoms with E-state index in [2.05, 4.69) is 167 Å². The standard InChI is InChI=1S/C77H126O6/c1-4-7-10-13-16-19-22-24-26-28-30-32-34-35-36-37-38-39-40-41-43-44-46-48-50-52-55-58-61-64-67-70-76(79)82-73-74(72-81-75(78)69-66-63-60-57-54-21-18-15-12-9-6-3)83-77(80)71-68-65-62-59-56-53-51-49-47-45-42-33-31-29-27-25-23-20-17-14-11-8-5-2/h7-8,10-11,16-17,19-20,24-27,30-33,35-36,45,47,51,53,59,62,74H,4-6,9,12-15,18,21-23,28-29,34,37-44,46,48-50,52,54-58,60-61,63-73H2,1-3H3/b10-7-,11-8-,19-16-,20-17-,26-24-,27-25-,32-30-,33-31-,36-35-,47-45-,53-51-,62-59-. The minimum atomic E-state index is -0.812. The molecule has 0 fully saturated rings. The fourth-order valence-corrected chi connectivity index (χ4v) is 9.28. The summed E-state index contributed by atoms with van der Waals surface area (Å²) in [7, 11) is 0. The van der Waals surface area contributed by atoms with E-state index < -0.39 is 6.10 Å². The Hall–Kier alpha value is -4.71. The molecule has 0 aromatic rings. The van der Waals surface area contributed by atoms with Crippen molar-refractivity contribution in [1.82, 2.24) is 0 Å². The molecular weight excluding hydrogens is 1020 g/mol. The second-order valence-electron chi connectivity index (χ2n) is 22.3. The molecule has 470 valence electrons. The normalized spacial score (nSPS) is 13.0. The van der Waals surface area contributed by atoms with E-state index in [0.717, 1.165) is 122 Å². The molecule has 83 heavy (non-hydrogen) atoms. The van der Waals surface area contributed by atoms with Crippen LogP contribution in [-0.4, -0.2) is 37.2 Å². The molecule has 0 saturated heterocycles. The van der Waals surface area contributed by atoms with Crippen molar-refractivity contribution in [3.05, 3.63) is 146 Å². The average molecular weight is 1150 g/mol. The number of hydrogen-bond acceptors (Lipinski definition) is 6. The van der Waals surface area contributed by atoms with Crippen LogP contribution in [0.25, 0.3) is 0 Å². The minimum absolute atomic E-state index is 0.102. The van der Waals surface area contributed by atoms with Crippen LogP contribution in [0.2, 0.25) is 0 Å². The Morgan fingerprint density at radius 1 is 0.253 bits per heavy atom. The van der Waals surface area contributed by atoms with Gasteiger partial charge in [-0.15, -0.1) is 0 Å². The zero-order chi connectivity index (χ0) is 59.9. The van der Waals surface area contributed by atoms with Crippen LogP contribution in [0.5, 0.6) is 0 Å². The molecule has 0 heterocycles. The summed E-state index contributed by atoms with van der Waals surface area (Å²) in [4.78, 5) is 38.3. The van der Waals surface area contributed by atoms with Gasteiger partial charge < -0.3 is 14.2 Å². The predicted molar refractivity (Wildman–Crippen MR) is 362 cm³/mol. The fourth-order valence-electron chi connectivity index (χ4n) is 9.28. The smallest absolute Gasteiger partial charge is 0.306 e. The molecule has 0 spiro atoms. The number of esters is 3. The van der Waals surface area contributed by atoms with Gasteiger partial charge in [-0.1, -0.05) is 314 Å². The molecule has 0 amide bonds. The fraction of sp³-hybridized carbons (Fsp3) is 0.649. The van der Waals surface area contributed by atoms with Crippen LogP contribution in [-0.2, 0) is 28.6 Å². The van der Waals surface area contributed by atoms with E-state index in [1.54, 1.807) is 0 Å². The van der Waals surface area contributed by atoms with Crippen molar-refractivity contribution in [3.8, 4) is 0 Å². The minimum Gasteiger partial charge on any atom is -0.462 e. The zero-order valence-electron chi connectivity index (χ0n) is 53.9. The summed E-state index contributed by atoms with van der Waals surface area (Å²) in [5, 5.41) is 0. The van der Waals surface area contributed by atoms with Crippen LogP contribution in [0, 0.1) is 0 Å². The maximum Gasteiger partial charge on any atom is 0.306 e. The Kier molecular flexibility index (Phi) is 65.8. The van der Waals surface area contributed by atoms with Crippen LogP contribution < -0.4 is 0 Å². The molecule has 0 aliphatic carbocycles. The maximum absolute atomic E-state index is 12.9. The highest BCUT2D eigenvalue weighted by Crippen LogP contribution is 2.16. The van der Waals surface area contributed by atoms with Gasteiger partial charge in [0.1, 0.15) is 13.2 Å². The Balaban J connectivity index is 4.30. The first-order valence-electron chi connectivity index (χ1n) is 34.3.